The molecule has 0 saturated carbocycles. The lowest BCUT2D eigenvalue weighted by Crippen LogP contribution is -2.35. The molecule has 1 aliphatic heterocycles. The normalized spacial score (nSPS) is 18.0. The van der Waals surface area contributed by atoms with Crippen LogP contribution in [0.2, 0.25) is 0 Å². The number of nitrogens with one attached hydrogen (secondary N) is 2. The molecular weight excluding hydrogens is 292 g/mol. The van der Waals surface area contributed by atoms with E-state index in [2.05, 4.69) is 15.6 Å². The van der Waals surface area contributed by atoms with Crippen molar-refractivity contribution in [3.8, 4) is 0 Å². The third-order valence-electron chi connectivity index (χ3n) is 4.32. The molecule has 1 amide bonds. The number of benzene rings is 1. The summed E-state index contributed by atoms with van der Waals surface area (Å²) in [5.41, 5.74) is 0.473. The third kappa shape index (κ3) is 3.96. The molecule has 6 heteroatoms. The van der Waals surface area contributed by atoms with Gasteiger partial charge in [0.1, 0.15) is 6.54 Å². The minimum absolute atomic E-state index is 0.0135. The summed E-state index contributed by atoms with van der Waals surface area (Å²) < 4.78 is 1.36. The average Bonchev–Trinajstić information content (AvgIpc) is 2.59. The highest BCUT2D eigenvalue weighted by Crippen LogP contribution is 2.12. The maximum Gasteiger partial charge on any atom is 0.261 e. The summed E-state index contributed by atoms with van der Waals surface area (Å²) in [7, 11) is 0. The predicted molar refractivity (Wildman–Crippen MR) is 89.2 cm³/mol. The number of rotatable bonds is 5. The monoisotopic (exact) mass is 314 g/mol. The largest absolute Gasteiger partial charge is 0.355 e. The zero-order valence-corrected chi connectivity index (χ0v) is 13.1. The Morgan fingerprint density at radius 3 is 3.09 bits per heavy atom. The van der Waals surface area contributed by atoms with E-state index >= 15 is 0 Å². The maximum atomic E-state index is 12.3. The van der Waals surface area contributed by atoms with Crippen LogP contribution in [0.5, 0.6) is 0 Å². The van der Waals surface area contributed by atoms with Crippen molar-refractivity contribution in [3.05, 3.63) is 40.9 Å². The van der Waals surface area contributed by atoms with Crippen LogP contribution >= 0.6 is 0 Å². The molecule has 3 rings (SSSR count). The van der Waals surface area contributed by atoms with Gasteiger partial charge in [0, 0.05) is 6.54 Å². The van der Waals surface area contributed by atoms with E-state index < -0.39 is 0 Å². The zero-order valence-electron chi connectivity index (χ0n) is 13.1. The topological polar surface area (TPSA) is 76.0 Å². The van der Waals surface area contributed by atoms with Gasteiger partial charge in [-0.15, -0.1) is 0 Å². The molecule has 2 N–H and O–H groups in total. The summed E-state index contributed by atoms with van der Waals surface area (Å²) in [5, 5.41) is 6.81. The first-order valence-corrected chi connectivity index (χ1v) is 8.15. The molecule has 1 aromatic carbocycles. The highest BCUT2D eigenvalue weighted by atomic mass is 16.2. The Morgan fingerprint density at radius 2 is 2.26 bits per heavy atom. The molecule has 1 aromatic heterocycles. The van der Waals surface area contributed by atoms with Gasteiger partial charge in [0.2, 0.25) is 5.91 Å². The second-order valence-corrected chi connectivity index (χ2v) is 6.05. The Morgan fingerprint density at radius 1 is 1.39 bits per heavy atom. The fraction of sp³-hybridized carbons (Fsp3) is 0.471. The molecule has 1 saturated heterocycles. The van der Waals surface area contributed by atoms with E-state index in [1.165, 1.54) is 23.7 Å². The fourth-order valence-electron chi connectivity index (χ4n) is 3.02. The van der Waals surface area contributed by atoms with E-state index in [9.17, 15) is 9.59 Å². The van der Waals surface area contributed by atoms with Crippen LogP contribution in [0.4, 0.5) is 0 Å². The van der Waals surface area contributed by atoms with E-state index in [1.807, 2.05) is 6.07 Å². The van der Waals surface area contributed by atoms with E-state index in [1.54, 1.807) is 18.2 Å². The van der Waals surface area contributed by atoms with E-state index in [0.717, 1.165) is 19.5 Å². The first-order valence-electron chi connectivity index (χ1n) is 8.15. The van der Waals surface area contributed by atoms with Gasteiger partial charge in [0.05, 0.1) is 17.2 Å². The van der Waals surface area contributed by atoms with Crippen LogP contribution in [0.3, 0.4) is 0 Å². The number of carbonyl (C=O) groups excluding carboxylic acids is 1. The zero-order chi connectivity index (χ0) is 16.1. The first kappa shape index (κ1) is 15.7. The number of amides is 1. The number of piperidine rings is 1. The van der Waals surface area contributed by atoms with Crippen LogP contribution in [-0.4, -0.2) is 35.1 Å². The van der Waals surface area contributed by atoms with Crippen molar-refractivity contribution >= 4 is 16.8 Å². The molecule has 1 atom stereocenters. The molecule has 0 radical (unpaired) electrons. The second kappa shape index (κ2) is 7.37. The summed E-state index contributed by atoms with van der Waals surface area (Å²) in [6.45, 7) is 2.80. The van der Waals surface area contributed by atoms with Gasteiger partial charge in [-0.25, -0.2) is 4.98 Å². The SMILES string of the molecule is O=C(Cn1cnc2ccccc2c1=O)NCCC1CCCNC1. The molecule has 1 fully saturated rings. The fourth-order valence-corrected chi connectivity index (χ4v) is 3.02. The highest BCUT2D eigenvalue weighted by Gasteiger charge is 2.13. The molecule has 2 aromatic rings. The maximum absolute atomic E-state index is 12.3. The number of hydrogen-bond donors (Lipinski definition) is 2. The number of carbonyl (C=O) groups is 1. The molecule has 0 spiro atoms. The van der Waals surface area contributed by atoms with Crippen molar-refractivity contribution in [1.29, 1.82) is 0 Å². The number of aromatic nitrogens is 2. The lowest BCUT2D eigenvalue weighted by Gasteiger charge is -2.22. The van der Waals surface area contributed by atoms with Crippen molar-refractivity contribution in [3.63, 3.8) is 0 Å². The molecule has 1 aliphatic rings. The lowest BCUT2D eigenvalue weighted by molar-refractivity contribution is -0.121. The van der Waals surface area contributed by atoms with Crippen molar-refractivity contribution in [2.75, 3.05) is 19.6 Å². The highest BCUT2D eigenvalue weighted by molar-refractivity contribution is 5.78. The number of fused-ring (bicyclic) bond motifs is 1. The summed E-state index contributed by atoms with van der Waals surface area (Å²) >= 11 is 0. The van der Waals surface area contributed by atoms with Crippen molar-refractivity contribution in [2.24, 2.45) is 5.92 Å². The molecule has 1 unspecified atom stereocenters. The second-order valence-electron chi connectivity index (χ2n) is 6.05. The van der Waals surface area contributed by atoms with Gasteiger partial charge in [0.25, 0.3) is 5.56 Å². The van der Waals surface area contributed by atoms with Gasteiger partial charge in [-0.1, -0.05) is 12.1 Å². The molecule has 122 valence electrons. The van der Waals surface area contributed by atoms with Crippen LogP contribution in [-0.2, 0) is 11.3 Å². The van der Waals surface area contributed by atoms with E-state index in [0.29, 0.717) is 23.4 Å². The Kier molecular flexibility index (Phi) is 5.02. The minimum atomic E-state index is -0.178. The van der Waals surface area contributed by atoms with Gasteiger partial charge >= 0.3 is 0 Å². The summed E-state index contributed by atoms with van der Waals surface area (Å²) in [5.74, 6) is 0.488. The van der Waals surface area contributed by atoms with Crippen LogP contribution < -0.4 is 16.2 Å². The van der Waals surface area contributed by atoms with Crippen LogP contribution in [0, 0.1) is 5.92 Å². The van der Waals surface area contributed by atoms with Crippen LogP contribution in [0.1, 0.15) is 19.3 Å². The smallest absolute Gasteiger partial charge is 0.261 e. The average molecular weight is 314 g/mol. The summed E-state index contributed by atoms with van der Waals surface area (Å²) in [4.78, 5) is 28.6. The minimum Gasteiger partial charge on any atom is -0.355 e. The molecule has 0 bridgehead atoms. The number of para-hydroxylation sites is 1. The van der Waals surface area contributed by atoms with Crippen molar-refractivity contribution in [2.45, 2.75) is 25.8 Å². The summed E-state index contributed by atoms with van der Waals surface area (Å²) in [6.07, 6.45) is 4.84. The molecule has 0 aliphatic carbocycles. The number of nitrogens with zero attached hydrogens (tertiary/aromatic N) is 2. The van der Waals surface area contributed by atoms with Crippen molar-refractivity contribution in [1.82, 2.24) is 20.2 Å². The third-order valence-corrected chi connectivity index (χ3v) is 4.32. The standard InChI is InChI=1S/C17H22N4O2/c22-16(19-9-7-13-4-3-8-18-10-13)11-21-12-20-15-6-2-1-5-14(15)17(21)23/h1-2,5-6,12-13,18H,3-4,7-11H2,(H,19,22). The molecular formula is C17H22N4O2. The van der Waals surface area contributed by atoms with Gasteiger partial charge in [-0.05, 0) is 50.4 Å². The van der Waals surface area contributed by atoms with Crippen LogP contribution in [0.15, 0.2) is 35.4 Å². The van der Waals surface area contributed by atoms with Gasteiger partial charge in [-0.2, -0.15) is 0 Å². The molecule has 6 nitrogen and oxygen atoms in total. The Bertz CT molecular complexity index is 735. The van der Waals surface area contributed by atoms with Gasteiger partial charge < -0.3 is 10.6 Å². The van der Waals surface area contributed by atoms with Gasteiger partial charge in [0.15, 0.2) is 0 Å². The quantitative estimate of drug-likeness (QED) is 0.860. The lowest BCUT2D eigenvalue weighted by atomic mass is 9.96. The molecule has 23 heavy (non-hydrogen) atoms. The first-order chi connectivity index (χ1) is 11.2. The van der Waals surface area contributed by atoms with E-state index in [4.69, 9.17) is 0 Å². The van der Waals surface area contributed by atoms with E-state index in [-0.39, 0.29) is 18.0 Å². The Hall–Kier alpha value is -2.21. The summed E-state index contributed by atoms with van der Waals surface area (Å²) in [6, 6.07) is 7.16. The Labute approximate surface area is 134 Å². The van der Waals surface area contributed by atoms with Gasteiger partial charge in [-0.3, -0.25) is 14.2 Å². The predicted octanol–water partition coefficient (Wildman–Crippen LogP) is 0.902. The van der Waals surface area contributed by atoms with Crippen LogP contribution in [0.25, 0.3) is 10.9 Å². The van der Waals surface area contributed by atoms with Crippen molar-refractivity contribution < 1.29 is 4.79 Å². The Balaban J connectivity index is 1.55. The molecule has 2 heterocycles. The number of hydrogen-bond acceptors (Lipinski definition) is 4.